The summed E-state index contributed by atoms with van der Waals surface area (Å²) in [6.07, 6.45) is 0. The predicted octanol–water partition coefficient (Wildman–Crippen LogP) is 2.88. The molecule has 0 radical (unpaired) electrons. The Bertz CT molecular complexity index is 233. The van der Waals surface area contributed by atoms with E-state index in [1.165, 1.54) is 6.92 Å². The topological polar surface area (TPSA) is 20.2 Å². The molecule has 5 heteroatoms. The van der Waals surface area contributed by atoms with Crippen LogP contribution in [0.5, 0.6) is 5.75 Å². The molecular formula is C7H4BrF3O. The van der Waals surface area contributed by atoms with Gasteiger partial charge in [0.1, 0.15) is 0 Å². The van der Waals surface area contributed by atoms with Gasteiger partial charge in [-0.1, -0.05) is 0 Å². The van der Waals surface area contributed by atoms with Gasteiger partial charge in [0.25, 0.3) is 0 Å². The Labute approximate surface area is 75.0 Å². The van der Waals surface area contributed by atoms with Gasteiger partial charge < -0.3 is 5.11 Å². The highest BCUT2D eigenvalue weighted by atomic mass is 79.9. The number of halogens is 4. The van der Waals surface area contributed by atoms with E-state index in [0.29, 0.717) is 0 Å². The molecule has 0 aromatic heterocycles. The summed E-state index contributed by atoms with van der Waals surface area (Å²) >= 11 is 2.67. The molecule has 0 aliphatic heterocycles. The molecule has 0 unspecified atom stereocenters. The van der Waals surface area contributed by atoms with E-state index < -0.39 is 23.2 Å². The lowest BCUT2D eigenvalue weighted by Crippen LogP contribution is -1.95. The first-order valence-electron chi connectivity index (χ1n) is 2.98. The van der Waals surface area contributed by atoms with E-state index in [1.807, 2.05) is 0 Å². The number of benzene rings is 1. The van der Waals surface area contributed by atoms with Crippen molar-refractivity contribution in [1.29, 1.82) is 0 Å². The molecule has 0 heterocycles. The molecule has 1 nitrogen and oxygen atoms in total. The molecule has 1 N–H and O–H groups in total. The molecule has 0 spiro atoms. The summed E-state index contributed by atoms with van der Waals surface area (Å²) < 4.78 is 37.4. The number of rotatable bonds is 0. The molecule has 1 rings (SSSR count). The normalized spacial score (nSPS) is 10.4. The van der Waals surface area contributed by atoms with Crippen LogP contribution in [0.1, 0.15) is 5.56 Å². The third-order valence-corrected chi connectivity index (χ3v) is 2.41. The highest BCUT2D eigenvalue weighted by Gasteiger charge is 2.20. The molecule has 0 aliphatic carbocycles. The second-order valence-electron chi connectivity index (χ2n) is 2.23. The van der Waals surface area contributed by atoms with E-state index in [4.69, 9.17) is 5.11 Å². The average Bonchev–Trinajstić information content (AvgIpc) is 2.08. The Morgan fingerprint density at radius 3 is 2.08 bits per heavy atom. The van der Waals surface area contributed by atoms with Crippen LogP contribution in [0.2, 0.25) is 0 Å². The standard InChI is InChI=1S/C7H4BrF3O/c1-2-3(8)4(9)5(10)6(11)7(2)12/h12H,1H3. The van der Waals surface area contributed by atoms with Crippen LogP contribution in [0, 0.1) is 24.4 Å². The molecule has 12 heavy (non-hydrogen) atoms. The van der Waals surface area contributed by atoms with E-state index in [2.05, 4.69) is 15.9 Å². The van der Waals surface area contributed by atoms with Crippen LogP contribution < -0.4 is 0 Å². The minimum atomic E-state index is -1.68. The first kappa shape index (κ1) is 9.38. The number of hydrogen-bond acceptors (Lipinski definition) is 1. The van der Waals surface area contributed by atoms with Gasteiger partial charge in [-0.05, 0) is 22.9 Å². The Balaban J connectivity index is 3.60. The Kier molecular flexibility index (Phi) is 2.32. The molecule has 0 atom stereocenters. The predicted molar refractivity (Wildman–Crippen MR) is 40.4 cm³/mol. The molecule has 0 saturated carbocycles. The van der Waals surface area contributed by atoms with Gasteiger partial charge in [0.15, 0.2) is 17.4 Å². The van der Waals surface area contributed by atoms with Crippen molar-refractivity contribution in [3.63, 3.8) is 0 Å². The molecule has 0 fully saturated rings. The zero-order valence-corrected chi connectivity index (χ0v) is 7.55. The summed E-state index contributed by atoms with van der Waals surface area (Å²) in [6.45, 7) is 1.27. The van der Waals surface area contributed by atoms with Crippen molar-refractivity contribution in [2.24, 2.45) is 0 Å². The Morgan fingerprint density at radius 2 is 1.58 bits per heavy atom. The van der Waals surface area contributed by atoms with Gasteiger partial charge in [0.2, 0.25) is 5.82 Å². The van der Waals surface area contributed by atoms with Crippen molar-refractivity contribution in [3.8, 4) is 5.75 Å². The minimum Gasteiger partial charge on any atom is -0.505 e. The quantitative estimate of drug-likeness (QED) is 0.546. The van der Waals surface area contributed by atoms with Crippen LogP contribution in [-0.2, 0) is 0 Å². The third-order valence-electron chi connectivity index (χ3n) is 1.47. The van der Waals surface area contributed by atoms with Crippen LogP contribution in [0.15, 0.2) is 4.47 Å². The van der Waals surface area contributed by atoms with Crippen molar-refractivity contribution in [2.75, 3.05) is 0 Å². The van der Waals surface area contributed by atoms with Gasteiger partial charge in [0.05, 0.1) is 4.47 Å². The summed E-state index contributed by atoms with van der Waals surface area (Å²) in [6, 6.07) is 0. The minimum absolute atomic E-state index is 0.0635. The van der Waals surface area contributed by atoms with E-state index in [1.54, 1.807) is 0 Å². The number of phenolic OH excluding ortho intramolecular Hbond substituents is 1. The smallest absolute Gasteiger partial charge is 0.203 e. The second kappa shape index (κ2) is 2.97. The lowest BCUT2D eigenvalue weighted by molar-refractivity contribution is 0.381. The van der Waals surface area contributed by atoms with Gasteiger partial charge in [-0.3, -0.25) is 0 Å². The summed E-state index contributed by atoms with van der Waals surface area (Å²) in [7, 11) is 0. The van der Waals surface area contributed by atoms with Gasteiger partial charge in [-0.15, -0.1) is 0 Å². The van der Waals surface area contributed by atoms with Crippen molar-refractivity contribution in [2.45, 2.75) is 6.92 Å². The molecule has 66 valence electrons. The first-order chi connectivity index (χ1) is 5.46. The van der Waals surface area contributed by atoms with Crippen molar-refractivity contribution < 1.29 is 18.3 Å². The maximum Gasteiger partial charge on any atom is 0.203 e. The van der Waals surface area contributed by atoms with Gasteiger partial charge in [-0.2, -0.15) is 4.39 Å². The lowest BCUT2D eigenvalue weighted by atomic mass is 10.2. The number of aromatic hydroxyl groups is 1. The van der Waals surface area contributed by atoms with E-state index in [9.17, 15) is 13.2 Å². The maximum absolute atomic E-state index is 12.7. The first-order valence-corrected chi connectivity index (χ1v) is 3.77. The van der Waals surface area contributed by atoms with Crippen LogP contribution in [0.25, 0.3) is 0 Å². The van der Waals surface area contributed by atoms with Crippen molar-refractivity contribution >= 4 is 15.9 Å². The number of phenols is 1. The molecule has 0 amide bonds. The largest absolute Gasteiger partial charge is 0.505 e. The van der Waals surface area contributed by atoms with Crippen LogP contribution >= 0.6 is 15.9 Å². The van der Waals surface area contributed by atoms with Crippen molar-refractivity contribution in [3.05, 3.63) is 27.5 Å². The second-order valence-corrected chi connectivity index (χ2v) is 3.02. The fourth-order valence-electron chi connectivity index (χ4n) is 0.730. The zero-order valence-electron chi connectivity index (χ0n) is 5.96. The maximum atomic E-state index is 12.7. The summed E-state index contributed by atoms with van der Waals surface area (Å²) in [5.41, 5.74) is -0.0635. The van der Waals surface area contributed by atoms with Gasteiger partial charge in [0, 0.05) is 5.56 Å². The fraction of sp³-hybridized carbons (Fsp3) is 0.143. The van der Waals surface area contributed by atoms with E-state index in [0.717, 1.165) is 0 Å². The van der Waals surface area contributed by atoms with E-state index in [-0.39, 0.29) is 10.0 Å². The summed E-state index contributed by atoms with van der Waals surface area (Å²) in [5.74, 6) is -5.44. The molecule has 1 aromatic rings. The highest BCUT2D eigenvalue weighted by molar-refractivity contribution is 9.10. The molecular weight excluding hydrogens is 237 g/mol. The Hall–Kier alpha value is -0.710. The summed E-state index contributed by atoms with van der Waals surface area (Å²) in [5, 5.41) is 8.88. The van der Waals surface area contributed by atoms with E-state index >= 15 is 0 Å². The molecule has 0 aliphatic rings. The number of hydrogen-bond donors (Lipinski definition) is 1. The Morgan fingerprint density at radius 1 is 1.08 bits per heavy atom. The zero-order chi connectivity index (χ0) is 9.46. The summed E-state index contributed by atoms with van der Waals surface area (Å²) in [4.78, 5) is 0. The monoisotopic (exact) mass is 240 g/mol. The van der Waals surface area contributed by atoms with Gasteiger partial charge >= 0.3 is 0 Å². The van der Waals surface area contributed by atoms with Crippen molar-refractivity contribution in [1.82, 2.24) is 0 Å². The molecule has 1 aromatic carbocycles. The highest BCUT2D eigenvalue weighted by Crippen LogP contribution is 2.32. The van der Waals surface area contributed by atoms with Crippen LogP contribution in [0.4, 0.5) is 13.2 Å². The fourth-order valence-corrected chi connectivity index (χ4v) is 1.09. The van der Waals surface area contributed by atoms with Crippen LogP contribution in [0.3, 0.4) is 0 Å². The molecule has 0 bridgehead atoms. The third kappa shape index (κ3) is 1.18. The van der Waals surface area contributed by atoms with Crippen LogP contribution in [-0.4, -0.2) is 5.11 Å². The SMILES string of the molecule is Cc1c(O)c(F)c(F)c(F)c1Br. The van der Waals surface area contributed by atoms with Gasteiger partial charge in [-0.25, -0.2) is 8.78 Å². The molecule has 0 saturated heterocycles. The lowest BCUT2D eigenvalue weighted by Gasteiger charge is -2.05. The average molecular weight is 241 g/mol.